The number of halogens is 1. The molecule has 0 aromatic heterocycles. The second-order valence-electron chi connectivity index (χ2n) is 3.77. The van der Waals surface area contributed by atoms with E-state index in [1.54, 1.807) is 6.08 Å². The Balaban J connectivity index is 3.06. The fraction of sp³-hybridized carbons (Fsp3) is 0.385. The smallest absolute Gasteiger partial charge is 0.190 e. The van der Waals surface area contributed by atoms with E-state index < -0.39 is 7.38 Å². The van der Waals surface area contributed by atoms with E-state index in [4.69, 9.17) is 15.8 Å². The van der Waals surface area contributed by atoms with Gasteiger partial charge in [0.05, 0.1) is 0 Å². The third kappa shape index (κ3) is 2.89. The van der Waals surface area contributed by atoms with Crippen molar-refractivity contribution in [3.05, 3.63) is 36.9 Å². The van der Waals surface area contributed by atoms with Gasteiger partial charge in [0.15, 0.2) is 7.38 Å². The summed E-state index contributed by atoms with van der Waals surface area (Å²) in [6.45, 7) is 8.51. The molecule has 0 aliphatic heterocycles. The molecule has 0 N–H and O–H groups in total. The summed E-state index contributed by atoms with van der Waals surface area (Å²) >= 11 is 6.75. The van der Waals surface area contributed by atoms with E-state index in [1.807, 2.05) is 18.2 Å². The van der Waals surface area contributed by atoms with Gasteiger partial charge in [-0.1, -0.05) is 44.7 Å². The first-order valence-corrected chi connectivity index (χ1v) is 9.12. The van der Waals surface area contributed by atoms with Crippen molar-refractivity contribution in [1.82, 2.24) is 0 Å². The van der Waals surface area contributed by atoms with Crippen LogP contribution in [0, 0.1) is 0 Å². The van der Waals surface area contributed by atoms with Crippen molar-refractivity contribution in [2.45, 2.75) is 25.9 Å². The SMILES string of the molecule is C=CCOc1ccccc1[Si](Cl)(CC)CC. The van der Waals surface area contributed by atoms with Crippen LogP contribution in [0.25, 0.3) is 0 Å². The summed E-state index contributed by atoms with van der Waals surface area (Å²) in [5.74, 6) is 0.924. The molecule has 1 aromatic rings. The summed E-state index contributed by atoms with van der Waals surface area (Å²) in [5.41, 5.74) is 0. The van der Waals surface area contributed by atoms with Gasteiger partial charge >= 0.3 is 0 Å². The summed E-state index contributed by atoms with van der Waals surface area (Å²) in [4.78, 5) is 0. The average Bonchev–Trinajstić information content (AvgIpc) is 2.35. The second-order valence-corrected chi connectivity index (χ2v) is 9.82. The Bertz CT molecular complexity index is 348. The van der Waals surface area contributed by atoms with Crippen LogP contribution < -0.4 is 9.92 Å². The van der Waals surface area contributed by atoms with Crippen LogP contribution in [0.1, 0.15) is 13.8 Å². The van der Waals surface area contributed by atoms with Crippen molar-refractivity contribution in [2.24, 2.45) is 0 Å². The molecular weight excluding hydrogens is 236 g/mol. The normalized spacial score (nSPS) is 11.2. The zero-order chi connectivity index (χ0) is 12.0. The molecule has 88 valence electrons. The molecule has 0 bridgehead atoms. The standard InChI is InChI=1S/C13H19ClOSi/c1-4-11-15-12-9-7-8-10-13(12)16(14,5-2)6-3/h4,7-10H,1,5-6,11H2,2-3H3. The minimum atomic E-state index is -1.86. The molecule has 16 heavy (non-hydrogen) atoms. The Morgan fingerprint density at radius 1 is 1.31 bits per heavy atom. The first-order chi connectivity index (χ1) is 7.68. The summed E-state index contributed by atoms with van der Waals surface area (Å²) in [5, 5.41) is 1.21. The van der Waals surface area contributed by atoms with Crippen molar-refractivity contribution in [3.63, 3.8) is 0 Å². The Morgan fingerprint density at radius 2 is 1.94 bits per heavy atom. The maximum absolute atomic E-state index is 6.75. The zero-order valence-corrected chi connectivity index (χ0v) is 11.8. The highest BCUT2D eigenvalue weighted by atomic mass is 35.6. The summed E-state index contributed by atoms with van der Waals surface area (Å²) in [6, 6.07) is 10.2. The van der Waals surface area contributed by atoms with Crippen LogP contribution in [-0.4, -0.2) is 14.0 Å². The monoisotopic (exact) mass is 254 g/mol. The fourth-order valence-corrected chi connectivity index (χ4v) is 4.46. The van der Waals surface area contributed by atoms with Crippen molar-refractivity contribution in [1.29, 1.82) is 0 Å². The van der Waals surface area contributed by atoms with Gasteiger partial charge < -0.3 is 4.74 Å². The zero-order valence-electron chi connectivity index (χ0n) is 10.0. The Hall–Kier alpha value is -0.733. The van der Waals surface area contributed by atoms with Gasteiger partial charge in [0, 0.05) is 0 Å². The van der Waals surface area contributed by atoms with E-state index >= 15 is 0 Å². The molecule has 0 fully saturated rings. The van der Waals surface area contributed by atoms with Gasteiger partial charge in [0.1, 0.15) is 12.4 Å². The van der Waals surface area contributed by atoms with Crippen molar-refractivity contribution in [2.75, 3.05) is 6.61 Å². The predicted octanol–water partition coefficient (Wildman–Crippen LogP) is 3.68. The number of rotatable bonds is 6. The molecular formula is C13H19ClOSi. The van der Waals surface area contributed by atoms with Gasteiger partial charge in [-0.3, -0.25) is 0 Å². The molecule has 0 spiro atoms. The molecule has 1 rings (SSSR count). The van der Waals surface area contributed by atoms with E-state index in [0.29, 0.717) is 6.61 Å². The molecule has 0 amide bonds. The molecule has 0 heterocycles. The van der Waals surface area contributed by atoms with Crippen LogP contribution in [0.5, 0.6) is 5.75 Å². The van der Waals surface area contributed by atoms with Crippen LogP contribution in [0.2, 0.25) is 12.1 Å². The van der Waals surface area contributed by atoms with E-state index in [9.17, 15) is 0 Å². The van der Waals surface area contributed by atoms with Crippen LogP contribution in [0.15, 0.2) is 36.9 Å². The van der Waals surface area contributed by atoms with Crippen molar-refractivity contribution < 1.29 is 4.74 Å². The molecule has 0 atom stereocenters. The minimum Gasteiger partial charge on any atom is -0.490 e. The highest BCUT2D eigenvalue weighted by molar-refractivity contribution is 7.27. The summed E-state index contributed by atoms with van der Waals surface area (Å²) < 4.78 is 5.67. The Labute approximate surface area is 104 Å². The second kappa shape index (κ2) is 6.11. The van der Waals surface area contributed by atoms with Gasteiger partial charge in [0.2, 0.25) is 0 Å². The first-order valence-electron chi connectivity index (χ1n) is 5.70. The molecule has 0 saturated carbocycles. The maximum Gasteiger partial charge on any atom is 0.190 e. The van der Waals surface area contributed by atoms with E-state index in [1.165, 1.54) is 5.19 Å². The minimum absolute atomic E-state index is 0.534. The number of benzene rings is 1. The molecule has 0 aliphatic carbocycles. The summed E-state index contributed by atoms with van der Waals surface area (Å²) in [7, 11) is -1.86. The molecule has 0 unspecified atom stereocenters. The van der Waals surface area contributed by atoms with E-state index in [-0.39, 0.29) is 0 Å². The highest BCUT2D eigenvalue weighted by Gasteiger charge is 2.31. The molecule has 0 aliphatic rings. The van der Waals surface area contributed by atoms with Gasteiger partial charge in [-0.15, -0.1) is 0 Å². The molecule has 1 aromatic carbocycles. The number of hydrogen-bond donors (Lipinski definition) is 0. The third-order valence-electron chi connectivity index (χ3n) is 2.85. The number of ether oxygens (including phenoxy) is 1. The predicted molar refractivity (Wildman–Crippen MR) is 74.3 cm³/mol. The lowest BCUT2D eigenvalue weighted by Crippen LogP contribution is -2.41. The topological polar surface area (TPSA) is 9.23 Å². The largest absolute Gasteiger partial charge is 0.490 e. The van der Waals surface area contributed by atoms with Crippen LogP contribution >= 0.6 is 11.1 Å². The Kier molecular flexibility index (Phi) is 5.09. The quantitative estimate of drug-likeness (QED) is 0.428. The molecule has 1 nitrogen and oxygen atoms in total. The van der Waals surface area contributed by atoms with Crippen LogP contribution in [-0.2, 0) is 0 Å². The third-order valence-corrected chi connectivity index (χ3v) is 8.68. The highest BCUT2D eigenvalue weighted by Crippen LogP contribution is 2.24. The Morgan fingerprint density at radius 3 is 2.50 bits per heavy atom. The van der Waals surface area contributed by atoms with Gasteiger partial charge in [-0.2, -0.15) is 11.1 Å². The number of hydrogen-bond acceptors (Lipinski definition) is 1. The van der Waals surface area contributed by atoms with Gasteiger partial charge in [-0.05, 0) is 23.3 Å². The van der Waals surface area contributed by atoms with Crippen molar-refractivity contribution in [3.8, 4) is 5.75 Å². The fourth-order valence-electron chi connectivity index (χ4n) is 1.74. The van der Waals surface area contributed by atoms with Gasteiger partial charge in [0.25, 0.3) is 0 Å². The van der Waals surface area contributed by atoms with E-state index in [2.05, 4.69) is 26.5 Å². The number of para-hydroxylation sites is 1. The van der Waals surface area contributed by atoms with E-state index in [0.717, 1.165) is 17.8 Å². The maximum atomic E-state index is 6.75. The van der Waals surface area contributed by atoms with Crippen LogP contribution in [0.4, 0.5) is 0 Å². The van der Waals surface area contributed by atoms with Gasteiger partial charge in [-0.25, -0.2) is 0 Å². The lowest BCUT2D eigenvalue weighted by atomic mass is 10.3. The van der Waals surface area contributed by atoms with Crippen molar-refractivity contribution >= 4 is 23.6 Å². The average molecular weight is 255 g/mol. The lowest BCUT2D eigenvalue weighted by Gasteiger charge is -2.24. The summed E-state index contributed by atoms with van der Waals surface area (Å²) in [6.07, 6.45) is 1.76. The molecule has 3 heteroatoms. The molecule has 0 saturated heterocycles. The lowest BCUT2D eigenvalue weighted by molar-refractivity contribution is 0.366. The van der Waals surface area contributed by atoms with Crippen LogP contribution in [0.3, 0.4) is 0 Å². The first kappa shape index (κ1) is 13.3. The molecule has 0 radical (unpaired) electrons.